The summed E-state index contributed by atoms with van der Waals surface area (Å²) in [5.74, 6) is 1.17. The Morgan fingerprint density at radius 1 is 1.11 bits per heavy atom. The van der Waals surface area contributed by atoms with Crippen LogP contribution in [-0.2, 0) is 6.61 Å². The van der Waals surface area contributed by atoms with Crippen LogP contribution in [0.5, 0.6) is 5.75 Å². The second-order valence-electron chi connectivity index (χ2n) is 8.79. The number of hydrogen-bond acceptors (Lipinski definition) is 5. The fraction of sp³-hybridized carbons (Fsp3) is 0.222. The molecule has 0 fully saturated rings. The first kappa shape index (κ1) is 26.2. The van der Waals surface area contributed by atoms with Crippen LogP contribution >= 0.6 is 39.1 Å². The Balaban J connectivity index is 1.76. The van der Waals surface area contributed by atoms with Crippen LogP contribution in [0.4, 0.5) is 5.69 Å². The third-order valence-corrected chi connectivity index (χ3v) is 6.65. The number of fused-ring (bicyclic) bond motifs is 1. The zero-order valence-electron chi connectivity index (χ0n) is 20.3. The summed E-state index contributed by atoms with van der Waals surface area (Å²) < 4.78 is 8.33. The van der Waals surface area contributed by atoms with Crippen molar-refractivity contribution in [2.45, 2.75) is 26.4 Å². The third-order valence-electron chi connectivity index (χ3n) is 5.57. The lowest BCUT2D eigenvalue weighted by Gasteiger charge is -2.17. The van der Waals surface area contributed by atoms with Gasteiger partial charge in [0.05, 0.1) is 17.1 Å². The van der Waals surface area contributed by atoms with E-state index in [0.29, 0.717) is 38.1 Å². The van der Waals surface area contributed by atoms with Crippen LogP contribution in [0.3, 0.4) is 0 Å². The predicted octanol–water partition coefficient (Wildman–Crippen LogP) is 7.12. The van der Waals surface area contributed by atoms with Crippen molar-refractivity contribution in [3.05, 3.63) is 96.4 Å². The molecule has 0 unspecified atom stereocenters. The number of rotatable bonds is 7. The van der Waals surface area contributed by atoms with Crippen molar-refractivity contribution in [2.75, 3.05) is 19.0 Å². The summed E-state index contributed by atoms with van der Waals surface area (Å²) >= 11 is 15.8. The molecule has 0 atom stereocenters. The van der Waals surface area contributed by atoms with E-state index in [1.54, 1.807) is 24.4 Å². The number of benzene rings is 3. The van der Waals surface area contributed by atoms with Crippen molar-refractivity contribution in [3.63, 3.8) is 0 Å². The van der Waals surface area contributed by atoms with Crippen molar-refractivity contribution in [1.29, 1.82) is 0 Å². The van der Waals surface area contributed by atoms with Gasteiger partial charge in [-0.3, -0.25) is 4.79 Å². The molecule has 0 saturated carbocycles. The van der Waals surface area contributed by atoms with Crippen LogP contribution < -0.4 is 15.2 Å². The summed E-state index contributed by atoms with van der Waals surface area (Å²) in [6.07, 6.45) is 1.62. The molecule has 0 radical (unpaired) electrons. The normalized spacial score (nSPS) is 11.6. The van der Waals surface area contributed by atoms with Crippen molar-refractivity contribution in [1.82, 2.24) is 9.66 Å². The number of anilines is 1. The summed E-state index contributed by atoms with van der Waals surface area (Å²) in [5.41, 5.74) is 2.88. The van der Waals surface area contributed by atoms with Crippen molar-refractivity contribution >= 4 is 61.9 Å². The van der Waals surface area contributed by atoms with Crippen LogP contribution in [0.15, 0.2) is 69.0 Å². The first-order valence-electron chi connectivity index (χ1n) is 11.3. The molecule has 186 valence electrons. The number of hydrogen-bond donors (Lipinski definition) is 0. The van der Waals surface area contributed by atoms with Crippen LogP contribution in [0.2, 0.25) is 10.0 Å². The molecule has 6 nitrogen and oxygen atoms in total. The minimum atomic E-state index is -0.235. The molecule has 4 aromatic rings. The van der Waals surface area contributed by atoms with Crippen LogP contribution in [-0.4, -0.2) is 30.0 Å². The molecule has 0 amide bonds. The van der Waals surface area contributed by atoms with Crippen LogP contribution in [0.1, 0.15) is 36.7 Å². The van der Waals surface area contributed by atoms with Crippen molar-refractivity contribution in [3.8, 4) is 5.75 Å². The zero-order valence-corrected chi connectivity index (χ0v) is 23.4. The van der Waals surface area contributed by atoms with E-state index >= 15 is 0 Å². The lowest BCUT2D eigenvalue weighted by Crippen LogP contribution is -2.23. The maximum Gasteiger partial charge on any atom is 0.282 e. The van der Waals surface area contributed by atoms with E-state index in [-0.39, 0.29) is 18.1 Å². The molecular weight excluding hydrogens is 563 g/mol. The highest BCUT2D eigenvalue weighted by molar-refractivity contribution is 9.10. The highest BCUT2D eigenvalue weighted by atomic mass is 79.9. The number of aromatic nitrogens is 2. The van der Waals surface area contributed by atoms with Gasteiger partial charge in [-0.15, -0.1) is 0 Å². The Hall–Kier alpha value is -2.87. The van der Waals surface area contributed by atoms with E-state index in [1.165, 1.54) is 4.68 Å². The number of nitrogens with zero attached hydrogens (tertiary/aromatic N) is 4. The van der Waals surface area contributed by atoms with Crippen molar-refractivity contribution in [2.24, 2.45) is 5.10 Å². The van der Waals surface area contributed by atoms with Gasteiger partial charge in [-0.1, -0.05) is 59.0 Å². The summed E-state index contributed by atoms with van der Waals surface area (Å²) in [6, 6.07) is 16.5. The maximum absolute atomic E-state index is 13.4. The molecule has 0 spiro atoms. The van der Waals surface area contributed by atoms with Gasteiger partial charge in [-0.25, -0.2) is 4.98 Å². The molecule has 1 heterocycles. The highest BCUT2D eigenvalue weighted by Crippen LogP contribution is 2.27. The Labute approximate surface area is 228 Å². The van der Waals surface area contributed by atoms with Gasteiger partial charge in [0.25, 0.3) is 5.56 Å². The Morgan fingerprint density at radius 3 is 2.58 bits per heavy atom. The fourth-order valence-corrected chi connectivity index (χ4v) is 4.42. The molecule has 4 rings (SSSR count). The zero-order chi connectivity index (χ0) is 26.0. The minimum Gasteiger partial charge on any atom is -0.488 e. The average Bonchev–Trinajstić information content (AvgIpc) is 2.83. The summed E-state index contributed by atoms with van der Waals surface area (Å²) in [5, 5.41) is 6.14. The predicted molar refractivity (Wildman–Crippen MR) is 152 cm³/mol. The molecule has 0 aliphatic rings. The first-order valence-corrected chi connectivity index (χ1v) is 12.8. The van der Waals surface area contributed by atoms with Gasteiger partial charge in [-0.05, 0) is 42.5 Å². The van der Waals surface area contributed by atoms with E-state index in [9.17, 15) is 4.79 Å². The number of ether oxygens (including phenoxy) is 1. The van der Waals surface area contributed by atoms with E-state index in [2.05, 4.69) is 21.0 Å². The van der Waals surface area contributed by atoms with Gasteiger partial charge < -0.3 is 9.64 Å². The van der Waals surface area contributed by atoms with E-state index in [0.717, 1.165) is 15.7 Å². The Kier molecular flexibility index (Phi) is 8.03. The second kappa shape index (κ2) is 11.0. The van der Waals surface area contributed by atoms with Gasteiger partial charge in [0.2, 0.25) is 0 Å². The quantitative estimate of drug-likeness (QED) is 0.216. The van der Waals surface area contributed by atoms with Gasteiger partial charge in [0, 0.05) is 57.4 Å². The molecule has 0 aliphatic carbocycles. The van der Waals surface area contributed by atoms with E-state index < -0.39 is 0 Å². The minimum absolute atomic E-state index is 0.0122. The highest BCUT2D eigenvalue weighted by Gasteiger charge is 2.14. The van der Waals surface area contributed by atoms with E-state index in [4.69, 9.17) is 32.9 Å². The summed E-state index contributed by atoms with van der Waals surface area (Å²) in [4.78, 5) is 20.0. The lowest BCUT2D eigenvalue weighted by atomic mass is 10.1. The standard InChI is InChI=1S/C27H25BrCl2N4O2/c1-16(2)26-32-24-10-7-19(28)11-22(24)27(35)34(26)31-14-17-6-9-21(33(3)4)13-25(17)36-15-18-5-8-20(29)12-23(18)30/h5-14,16H,15H2,1-4H3. The monoisotopic (exact) mass is 586 g/mol. The molecule has 0 N–H and O–H groups in total. The first-order chi connectivity index (χ1) is 17.1. The maximum atomic E-state index is 13.4. The Morgan fingerprint density at radius 2 is 1.89 bits per heavy atom. The molecule has 9 heteroatoms. The molecule has 0 saturated heterocycles. The summed E-state index contributed by atoms with van der Waals surface area (Å²) in [6.45, 7) is 4.21. The lowest BCUT2D eigenvalue weighted by molar-refractivity contribution is 0.306. The van der Waals surface area contributed by atoms with Gasteiger partial charge in [0.1, 0.15) is 18.2 Å². The van der Waals surface area contributed by atoms with Crippen molar-refractivity contribution < 1.29 is 4.74 Å². The second-order valence-corrected chi connectivity index (χ2v) is 10.5. The summed E-state index contributed by atoms with van der Waals surface area (Å²) in [7, 11) is 3.91. The van der Waals surface area contributed by atoms with Gasteiger partial charge in [-0.2, -0.15) is 9.78 Å². The number of halogens is 3. The topological polar surface area (TPSA) is 59.7 Å². The van der Waals surface area contributed by atoms with Gasteiger partial charge >= 0.3 is 0 Å². The largest absolute Gasteiger partial charge is 0.488 e. The molecule has 3 aromatic carbocycles. The molecule has 0 aliphatic heterocycles. The third kappa shape index (κ3) is 5.75. The van der Waals surface area contributed by atoms with Crippen LogP contribution in [0.25, 0.3) is 10.9 Å². The molecule has 36 heavy (non-hydrogen) atoms. The van der Waals surface area contributed by atoms with Crippen LogP contribution in [0, 0.1) is 0 Å². The molecule has 0 bridgehead atoms. The average molecular weight is 588 g/mol. The molecule has 1 aromatic heterocycles. The molecular formula is C27H25BrCl2N4O2. The smallest absolute Gasteiger partial charge is 0.282 e. The SMILES string of the molecule is CC(C)c1nc2ccc(Br)cc2c(=O)n1N=Cc1ccc(N(C)C)cc1OCc1ccc(Cl)cc1Cl. The fourth-order valence-electron chi connectivity index (χ4n) is 3.60. The van der Waals surface area contributed by atoms with E-state index in [1.807, 2.05) is 69.2 Å². The Bertz CT molecular complexity index is 1520. The van der Waals surface area contributed by atoms with Gasteiger partial charge in [0.15, 0.2) is 0 Å².